The first-order valence-corrected chi connectivity index (χ1v) is 13.1. The molecule has 1 N–H and O–H groups in total. The summed E-state index contributed by atoms with van der Waals surface area (Å²) >= 11 is 0. The van der Waals surface area contributed by atoms with E-state index in [9.17, 15) is 4.79 Å². The van der Waals surface area contributed by atoms with Crippen LogP contribution in [0.5, 0.6) is 5.75 Å². The van der Waals surface area contributed by atoms with Crippen LogP contribution in [0.1, 0.15) is 56.0 Å². The third-order valence-corrected chi connectivity index (χ3v) is 6.70. The van der Waals surface area contributed by atoms with E-state index in [0.717, 1.165) is 60.4 Å². The van der Waals surface area contributed by atoms with Crippen molar-refractivity contribution >= 4 is 16.9 Å². The highest BCUT2D eigenvalue weighted by Gasteiger charge is 2.11. The van der Waals surface area contributed by atoms with Crippen molar-refractivity contribution in [2.75, 3.05) is 13.2 Å². The molecule has 0 bridgehead atoms. The van der Waals surface area contributed by atoms with E-state index in [2.05, 4.69) is 66.2 Å². The molecule has 188 valence electrons. The Bertz CT molecular complexity index is 1230. The van der Waals surface area contributed by atoms with Gasteiger partial charge in [-0.05, 0) is 60.6 Å². The highest BCUT2D eigenvalue weighted by Crippen LogP contribution is 2.22. The number of hydrogen-bond acceptors (Lipinski definition) is 3. The average molecular weight is 484 g/mol. The maximum absolute atomic E-state index is 12.2. The molecule has 36 heavy (non-hydrogen) atoms. The van der Waals surface area contributed by atoms with Gasteiger partial charge in [0.2, 0.25) is 5.91 Å². The first kappa shape index (κ1) is 25.5. The summed E-state index contributed by atoms with van der Waals surface area (Å²) in [6.07, 6.45) is 4.12. The Hall–Kier alpha value is -3.60. The fraction of sp³-hybridized carbons (Fsp3) is 0.355. The Kier molecular flexibility index (Phi) is 9.15. The van der Waals surface area contributed by atoms with Crippen LogP contribution in [0.4, 0.5) is 0 Å². The van der Waals surface area contributed by atoms with Gasteiger partial charge in [0.05, 0.1) is 24.1 Å². The van der Waals surface area contributed by atoms with Crippen molar-refractivity contribution in [3.63, 3.8) is 0 Å². The molecule has 0 aliphatic carbocycles. The van der Waals surface area contributed by atoms with E-state index in [1.54, 1.807) is 0 Å². The van der Waals surface area contributed by atoms with Gasteiger partial charge < -0.3 is 14.6 Å². The Balaban J connectivity index is 1.27. The Morgan fingerprint density at radius 1 is 0.972 bits per heavy atom. The monoisotopic (exact) mass is 483 g/mol. The maximum Gasteiger partial charge on any atom is 0.224 e. The van der Waals surface area contributed by atoms with Gasteiger partial charge in [-0.2, -0.15) is 0 Å². The second-order valence-corrected chi connectivity index (χ2v) is 9.36. The Labute approximate surface area is 214 Å². The molecule has 0 spiro atoms. The zero-order valence-corrected chi connectivity index (χ0v) is 21.5. The van der Waals surface area contributed by atoms with Crippen LogP contribution in [0.15, 0.2) is 78.9 Å². The van der Waals surface area contributed by atoms with Gasteiger partial charge in [-0.3, -0.25) is 4.79 Å². The number of ether oxygens (including phenoxy) is 1. The topological polar surface area (TPSA) is 56.1 Å². The zero-order chi connectivity index (χ0) is 25.2. The minimum absolute atomic E-state index is 0.0593. The zero-order valence-electron chi connectivity index (χ0n) is 21.5. The molecule has 5 nitrogen and oxygen atoms in total. The van der Waals surface area contributed by atoms with Crippen molar-refractivity contribution < 1.29 is 9.53 Å². The smallest absolute Gasteiger partial charge is 0.224 e. The van der Waals surface area contributed by atoms with E-state index in [0.29, 0.717) is 25.5 Å². The van der Waals surface area contributed by atoms with Crippen LogP contribution in [0.2, 0.25) is 0 Å². The largest absolute Gasteiger partial charge is 0.494 e. The van der Waals surface area contributed by atoms with Gasteiger partial charge >= 0.3 is 0 Å². The summed E-state index contributed by atoms with van der Waals surface area (Å²) in [5.41, 5.74) is 4.56. The number of carbonyl (C=O) groups excluding carboxylic acids is 1. The molecule has 0 radical (unpaired) electrons. The van der Waals surface area contributed by atoms with E-state index in [4.69, 9.17) is 9.72 Å². The van der Waals surface area contributed by atoms with Gasteiger partial charge in [0.1, 0.15) is 11.6 Å². The van der Waals surface area contributed by atoms with Crippen LogP contribution in [-0.2, 0) is 24.2 Å². The standard InChI is InChI=1S/C31H37N3O2/c1-3-24(2)26-16-18-27(19-17-26)36-22-10-21-34-29-14-8-7-13-28(29)33-30(34)15-9-20-32-31(35)23-25-11-5-4-6-12-25/h4-8,11-14,16-19,24H,3,9-10,15,20-23H2,1-2H3,(H,32,35). The average Bonchev–Trinajstić information content (AvgIpc) is 3.27. The first-order chi connectivity index (χ1) is 17.6. The van der Waals surface area contributed by atoms with Crippen LogP contribution < -0.4 is 10.1 Å². The molecule has 4 aromatic rings. The number of aryl methyl sites for hydroxylation is 2. The molecule has 1 aromatic heterocycles. The number of benzene rings is 3. The molecule has 0 saturated heterocycles. The van der Waals surface area contributed by atoms with Gasteiger partial charge in [0.15, 0.2) is 0 Å². The number of para-hydroxylation sites is 2. The summed E-state index contributed by atoms with van der Waals surface area (Å²) in [5, 5.41) is 3.04. The highest BCUT2D eigenvalue weighted by molar-refractivity contribution is 5.78. The van der Waals surface area contributed by atoms with Gasteiger partial charge in [-0.15, -0.1) is 0 Å². The normalized spacial score (nSPS) is 11.9. The second kappa shape index (κ2) is 12.9. The maximum atomic E-state index is 12.2. The fourth-order valence-corrected chi connectivity index (χ4v) is 4.42. The number of aromatic nitrogens is 2. The molecular weight excluding hydrogens is 446 g/mol. The third kappa shape index (κ3) is 6.97. The van der Waals surface area contributed by atoms with Gasteiger partial charge in [-0.25, -0.2) is 4.98 Å². The lowest BCUT2D eigenvalue weighted by atomic mass is 9.99. The Morgan fingerprint density at radius 3 is 2.50 bits per heavy atom. The number of nitrogens with zero attached hydrogens (tertiary/aromatic N) is 2. The summed E-state index contributed by atoms with van der Waals surface area (Å²) < 4.78 is 8.32. The van der Waals surface area contributed by atoms with E-state index in [1.165, 1.54) is 5.56 Å². The SMILES string of the molecule is CCC(C)c1ccc(OCCCn2c(CCCNC(=O)Cc3ccccc3)nc3ccccc32)cc1. The quantitative estimate of drug-likeness (QED) is 0.227. The number of amides is 1. The lowest BCUT2D eigenvalue weighted by Crippen LogP contribution is -2.26. The van der Waals surface area contributed by atoms with Crippen molar-refractivity contribution in [1.29, 1.82) is 0 Å². The second-order valence-electron chi connectivity index (χ2n) is 9.36. The predicted molar refractivity (Wildman–Crippen MR) is 146 cm³/mol. The van der Waals surface area contributed by atoms with E-state index in [1.807, 2.05) is 36.4 Å². The summed E-state index contributed by atoms with van der Waals surface area (Å²) in [6, 6.07) is 26.6. The van der Waals surface area contributed by atoms with Crippen molar-refractivity contribution in [3.05, 3.63) is 95.8 Å². The lowest BCUT2D eigenvalue weighted by molar-refractivity contribution is -0.120. The van der Waals surface area contributed by atoms with E-state index in [-0.39, 0.29) is 5.91 Å². The van der Waals surface area contributed by atoms with Crippen LogP contribution in [0.25, 0.3) is 11.0 Å². The minimum Gasteiger partial charge on any atom is -0.494 e. The van der Waals surface area contributed by atoms with Crippen molar-refractivity contribution in [2.24, 2.45) is 0 Å². The summed E-state index contributed by atoms with van der Waals surface area (Å²) in [5.74, 6) is 2.61. The number of fused-ring (bicyclic) bond motifs is 1. The molecule has 1 unspecified atom stereocenters. The van der Waals surface area contributed by atoms with Crippen molar-refractivity contribution in [1.82, 2.24) is 14.9 Å². The van der Waals surface area contributed by atoms with E-state index >= 15 is 0 Å². The number of carbonyl (C=O) groups is 1. The van der Waals surface area contributed by atoms with Gasteiger partial charge in [0, 0.05) is 19.5 Å². The molecule has 0 aliphatic rings. The lowest BCUT2D eigenvalue weighted by Gasteiger charge is -2.12. The third-order valence-electron chi connectivity index (χ3n) is 6.70. The summed E-state index contributed by atoms with van der Waals surface area (Å²) in [6.45, 7) is 6.61. The molecule has 1 heterocycles. The molecule has 3 aromatic carbocycles. The molecule has 5 heteroatoms. The molecule has 1 amide bonds. The summed E-state index contributed by atoms with van der Waals surface area (Å²) in [7, 11) is 0. The molecule has 0 saturated carbocycles. The highest BCUT2D eigenvalue weighted by atomic mass is 16.5. The van der Waals surface area contributed by atoms with Crippen molar-refractivity contribution in [3.8, 4) is 5.75 Å². The van der Waals surface area contributed by atoms with Crippen LogP contribution in [0.3, 0.4) is 0 Å². The van der Waals surface area contributed by atoms with Crippen LogP contribution in [0, 0.1) is 0 Å². The van der Waals surface area contributed by atoms with E-state index < -0.39 is 0 Å². The first-order valence-electron chi connectivity index (χ1n) is 13.1. The number of rotatable bonds is 13. The van der Waals surface area contributed by atoms with Crippen LogP contribution >= 0.6 is 0 Å². The molecule has 0 fully saturated rings. The van der Waals surface area contributed by atoms with Gasteiger partial charge in [0.25, 0.3) is 0 Å². The minimum atomic E-state index is 0.0593. The predicted octanol–water partition coefficient (Wildman–Crippen LogP) is 6.31. The molecule has 1 atom stereocenters. The van der Waals surface area contributed by atoms with Crippen LogP contribution in [-0.4, -0.2) is 28.6 Å². The number of nitrogens with one attached hydrogen (secondary N) is 1. The molecule has 4 rings (SSSR count). The van der Waals surface area contributed by atoms with Crippen molar-refractivity contribution in [2.45, 2.75) is 58.4 Å². The Morgan fingerprint density at radius 2 is 1.72 bits per heavy atom. The number of hydrogen-bond donors (Lipinski definition) is 1. The number of imidazole rings is 1. The summed E-state index contributed by atoms with van der Waals surface area (Å²) in [4.78, 5) is 17.1. The molecule has 0 aliphatic heterocycles. The molecular formula is C31H37N3O2. The fourth-order valence-electron chi connectivity index (χ4n) is 4.42. The van der Waals surface area contributed by atoms with Gasteiger partial charge in [-0.1, -0.05) is 68.4 Å².